The maximum atomic E-state index is 13.7. The zero-order valence-corrected chi connectivity index (χ0v) is 22.4. The number of sulfonamides is 1. The third-order valence-corrected chi connectivity index (χ3v) is 7.74. The van der Waals surface area contributed by atoms with E-state index in [2.05, 4.69) is 5.32 Å². The van der Waals surface area contributed by atoms with Crippen molar-refractivity contribution in [2.75, 3.05) is 24.2 Å². The summed E-state index contributed by atoms with van der Waals surface area (Å²) in [6.45, 7) is 3.64. The molecule has 1 atom stereocenters. The SMILES string of the molecule is CC[C@H](C(=O)NC1CCCC1)N(Cc1ccc(C)cc1)C(=O)CN(c1ccc(OC)cc1)S(C)(=O)=O. The fraction of sp³-hybridized carbons (Fsp3) is 0.481. The Morgan fingerprint density at radius 2 is 1.67 bits per heavy atom. The number of hydrogen-bond acceptors (Lipinski definition) is 5. The molecule has 0 saturated heterocycles. The highest BCUT2D eigenvalue weighted by atomic mass is 32.2. The van der Waals surface area contributed by atoms with Crippen LogP contribution in [0.2, 0.25) is 0 Å². The molecule has 1 N–H and O–H groups in total. The fourth-order valence-electron chi connectivity index (χ4n) is 4.54. The third kappa shape index (κ3) is 7.22. The minimum atomic E-state index is -3.77. The van der Waals surface area contributed by atoms with Gasteiger partial charge in [0, 0.05) is 12.6 Å². The molecule has 2 aromatic rings. The Kier molecular flexibility index (Phi) is 9.37. The lowest BCUT2D eigenvalue weighted by Gasteiger charge is -2.33. The van der Waals surface area contributed by atoms with Gasteiger partial charge >= 0.3 is 0 Å². The first-order valence-electron chi connectivity index (χ1n) is 12.4. The second kappa shape index (κ2) is 12.3. The van der Waals surface area contributed by atoms with Crippen LogP contribution < -0.4 is 14.4 Å². The van der Waals surface area contributed by atoms with Crippen LogP contribution in [0, 0.1) is 6.92 Å². The molecule has 1 aliphatic rings. The maximum Gasteiger partial charge on any atom is 0.244 e. The molecule has 196 valence electrons. The van der Waals surface area contributed by atoms with Gasteiger partial charge in [-0.2, -0.15) is 0 Å². The molecule has 0 spiro atoms. The average Bonchev–Trinajstić information content (AvgIpc) is 3.36. The van der Waals surface area contributed by atoms with E-state index in [0.29, 0.717) is 17.9 Å². The van der Waals surface area contributed by atoms with Crippen molar-refractivity contribution in [3.8, 4) is 5.75 Å². The summed E-state index contributed by atoms with van der Waals surface area (Å²) in [6, 6.07) is 13.7. The van der Waals surface area contributed by atoms with Crippen molar-refractivity contribution in [3.63, 3.8) is 0 Å². The maximum absolute atomic E-state index is 13.7. The van der Waals surface area contributed by atoms with Crippen LogP contribution in [0.25, 0.3) is 0 Å². The van der Waals surface area contributed by atoms with Gasteiger partial charge in [0.05, 0.1) is 19.1 Å². The lowest BCUT2D eigenvalue weighted by Crippen LogP contribution is -2.53. The van der Waals surface area contributed by atoms with Crippen molar-refractivity contribution < 1.29 is 22.7 Å². The van der Waals surface area contributed by atoms with Crippen molar-refractivity contribution in [3.05, 3.63) is 59.7 Å². The first-order valence-corrected chi connectivity index (χ1v) is 14.2. The predicted molar refractivity (Wildman–Crippen MR) is 141 cm³/mol. The Morgan fingerprint density at radius 1 is 1.06 bits per heavy atom. The number of aryl methyl sites for hydroxylation is 1. The minimum absolute atomic E-state index is 0.120. The van der Waals surface area contributed by atoms with Gasteiger partial charge in [0.25, 0.3) is 0 Å². The van der Waals surface area contributed by atoms with Gasteiger partial charge in [0.15, 0.2) is 0 Å². The quantitative estimate of drug-likeness (QED) is 0.493. The van der Waals surface area contributed by atoms with Crippen LogP contribution in [0.15, 0.2) is 48.5 Å². The summed E-state index contributed by atoms with van der Waals surface area (Å²) in [5.74, 6) is -0.0559. The predicted octanol–water partition coefficient (Wildman–Crippen LogP) is 3.64. The van der Waals surface area contributed by atoms with Gasteiger partial charge in [-0.25, -0.2) is 8.42 Å². The van der Waals surface area contributed by atoms with Gasteiger partial charge in [0.1, 0.15) is 18.3 Å². The molecule has 0 aliphatic heterocycles. The minimum Gasteiger partial charge on any atom is -0.497 e. The van der Waals surface area contributed by atoms with Crippen molar-refractivity contribution >= 4 is 27.5 Å². The van der Waals surface area contributed by atoms with Gasteiger partial charge in [-0.3, -0.25) is 13.9 Å². The Labute approximate surface area is 214 Å². The van der Waals surface area contributed by atoms with Gasteiger partial charge in [0.2, 0.25) is 21.8 Å². The van der Waals surface area contributed by atoms with Crippen LogP contribution in [-0.2, 0) is 26.2 Å². The van der Waals surface area contributed by atoms with Crippen molar-refractivity contribution in [2.24, 2.45) is 0 Å². The lowest BCUT2D eigenvalue weighted by molar-refractivity contribution is -0.140. The zero-order chi connectivity index (χ0) is 26.3. The zero-order valence-electron chi connectivity index (χ0n) is 21.6. The summed E-state index contributed by atoms with van der Waals surface area (Å²) in [4.78, 5) is 28.5. The number of hydrogen-bond donors (Lipinski definition) is 1. The van der Waals surface area contributed by atoms with Crippen molar-refractivity contribution in [1.29, 1.82) is 0 Å². The van der Waals surface area contributed by atoms with Crippen LogP contribution in [0.4, 0.5) is 5.69 Å². The molecule has 2 amide bonds. The van der Waals surface area contributed by atoms with E-state index in [1.807, 2.05) is 38.1 Å². The standard InChI is InChI=1S/C27H37N3O5S/c1-5-25(27(32)28-22-8-6-7-9-22)29(18-21-12-10-20(2)11-13-21)26(31)19-30(36(4,33)34)23-14-16-24(35-3)17-15-23/h10-17,22,25H,5-9,18-19H2,1-4H3,(H,28,32)/t25-/m1/s1. The van der Waals surface area contributed by atoms with E-state index in [4.69, 9.17) is 4.74 Å². The van der Waals surface area contributed by atoms with Crippen molar-refractivity contribution in [1.82, 2.24) is 10.2 Å². The lowest BCUT2D eigenvalue weighted by atomic mass is 10.1. The molecular weight excluding hydrogens is 478 g/mol. The number of rotatable bonds is 11. The Morgan fingerprint density at radius 3 is 2.19 bits per heavy atom. The molecule has 8 nitrogen and oxygen atoms in total. The smallest absolute Gasteiger partial charge is 0.244 e. The Hall–Kier alpha value is -3.07. The van der Waals surface area contributed by atoms with Crippen LogP contribution >= 0.6 is 0 Å². The van der Waals surface area contributed by atoms with Crippen LogP contribution in [0.3, 0.4) is 0 Å². The largest absolute Gasteiger partial charge is 0.497 e. The molecule has 1 saturated carbocycles. The molecule has 3 rings (SSSR count). The van der Waals surface area contributed by atoms with E-state index in [1.165, 1.54) is 12.0 Å². The molecule has 36 heavy (non-hydrogen) atoms. The number of ether oxygens (including phenoxy) is 1. The van der Waals surface area contributed by atoms with E-state index < -0.39 is 28.5 Å². The normalized spacial score (nSPS) is 14.8. The fourth-order valence-corrected chi connectivity index (χ4v) is 5.39. The Balaban J connectivity index is 1.90. The highest BCUT2D eigenvalue weighted by Crippen LogP contribution is 2.23. The van der Waals surface area contributed by atoms with Crippen LogP contribution in [0.1, 0.15) is 50.2 Å². The van der Waals surface area contributed by atoms with E-state index >= 15 is 0 Å². The molecular formula is C27H37N3O5S. The van der Waals surface area contributed by atoms with Gasteiger partial charge in [-0.1, -0.05) is 49.6 Å². The first kappa shape index (κ1) is 27.5. The molecule has 1 fully saturated rings. The van der Waals surface area contributed by atoms with E-state index in [-0.39, 0.29) is 18.5 Å². The van der Waals surface area contributed by atoms with E-state index in [0.717, 1.165) is 47.4 Å². The number of methoxy groups -OCH3 is 1. The Bertz CT molecular complexity index is 1130. The molecule has 0 radical (unpaired) electrons. The summed E-state index contributed by atoms with van der Waals surface area (Å²) < 4.78 is 31.6. The topological polar surface area (TPSA) is 96.0 Å². The van der Waals surface area contributed by atoms with E-state index in [9.17, 15) is 18.0 Å². The number of amides is 2. The van der Waals surface area contributed by atoms with Gasteiger partial charge in [-0.05, 0) is 56.0 Å². The summed E-state index contributed by atoms with van der Waals surface area (Å²) in [5.41, 5.74) is 2.31. The second-order valence-electron chi connectivity index (χ2n) is 9.39. The highest BCUT2D eigenvalue weighted by molar-refractivity contribution is 7.92. The monoisotopic (exact) mass is 515 g/mol. The molecule has 0 bridgehead atoms. The highest BCUT2D eigenvalue weighted by Gasteiger charge is 2.33. The summed E-state index contributed by atoms with van der Waals surface area (Å²) in [5, 5.41) is 3.11. The second-order valence-corrected chi connectivity index (χ2v) is 11.3. The van der Waals surface area contributed by atoms with Crippen LogP contribution in [0.5, 0.6) is 5.75 Å². The van der Waals surface area contributed by atoms with E-state index in [1.54, 1.807) is 24.3 Å². The molecule has 9 heteroatoms. The molecule has 0 heterocycles. The number of carbonyl (C=O) groups excluding carboxylic acids is 2. The number of nitrogens with one attached hydrogen (secondary N) is 1. The number of carbonyl (C=O) groups is 2. The van der Waals surface area contributed by atoms with Gasteiger partial charge < -0.3 is 15.0 Å². The summed E-state index contributed by atoms with van der Waals surface area (Å²) in [7, 11) is -2.25. The molecule has 0 aromatic heterocycles. The van der Waals surface area contributed by atoms with Crippen molar-refractivity contribution in [2.45, 2.75) is 64.6 Å². The number of benzene rings is 2. The number of nitrogens with zero attached hydrogens (tertiary/aromatic N) is 2. The molecule has 1 aliphatic carbocycles. The average molecular weight is 516 g/mol. The summed E-state index contributed by atoms with van der Waals surface area (Å²) >= 11 is 0. The molecule has 2 aromatic carbocycles. The third-order valence-electron chi connectivity index (χ3n) is 6.60. The summed E-state index contributed by atoms with van der Waals surface area (Å²) in [6.07, 6.45) is 5.52. The van der Waals surface area contributed by atoms with Gasteiger partial charge in [-0.15, -0.1) is 0 Å². The molecule has 0 unspecified atom stereocenters. The first-order chi connectivity index (χ1) is 17.1. The van der Waals surface area contributed by atoms with Crippen LogP contribution in [-0.4, -0.2) is 57.1 Å². The number of anilines is 1.